The summed E-state index contributed by atoms with van der Waals surface area (Å²) in [5, 5.41) is 3.02. The van der Waals surface area contributed by atoms with Gasteiger partial charge >= 0.3 is 0 Å². The lowest BCUT2D eigenvalue weighted by molar-refractivity contribution is 0.102. The Morgan fingerprint density at radius 3 is 2.86 bits per heavy atom. The van der Waals surface area contributed by atoms with E-state index >= 15 is 0 Å². The molecule has 2 heterocycles. The average Bonchev–Trinajstić information content (AvgIpc) is 3.15. The Morgan fingerprint density at radius 1 is 1.14 bits per heavy atom. The van der Waals surface area contributed by atoms with E-state index in [1.807, 2.05) is 18.2 Å². The molecule has 0 saturated heterocycles. The van der Waals surface area contributed by atoms with Crippen molar-refractivity contribution in [1.82, 2.24) is 0 Å². The van der Waals surface area contributed by atoms with E-state index in [1.54, 1.807) is 12.1 Å². The van der Waals surface area contributed by atoms with Crippen LogP contribution in [-0.2, 0) is 12.8 Å². The summed E-state index contributed by atoms with van der Waals surface area (Å²) < 4.78 is 12.3. The van der Waals surface area contributed by atoms with Gasteiger partial charge < -0.3 is 14.8 Å². The van der Waals surface area contributed by atoms with Gasteiger partial charge in [-0.3, -0.25) is 4.79 Å². The molecule has 0 aromatic heterocycles. The molecule has 0 saturated carbocycles. The lowest BCUT2D eigenvalue weighted by Gasteiger charge is -2.14. The normalized spacial score (nSPS) is 14.8. The van der Waals surface area contributed by atoms with Crippen molar-refractivity contribution in [2.75, 3.05) is 18.5 Å². The third-order valence-electron chi connectivity index (χ3n) is 3.98. The fourth-order valence-electron chi connectivity index (χ4n) is 2.93. The van der Waals surface area contributed by atoms with Crippen LogP contribution in [0.1, 0.15) is 21.5 Å². The molecule has 1 amide bonds. The van der Waals surface area contributed by atoms with Gasteiger partial charge in [0.2, 0.25) is 0 Å². The minimum absolute atomic E-state index is 0.140. The molecule has 0 aliphatic carbocycles. The number of hydrogen-bond donors (Lipinski definition) is 1. The standard InChI is InChI=1S/C17H14BrNO3/c18-12-3-1-2-11(8-12)17(20)19-15-13-5-7-21-14(13)9-10-4-6-22-16(10)15/h1-3,8-9H,4-7H2,(H,19,20). The number of ether oxygens (including phenoxy) is 2. The van der Waals surface area contributed by atoms with Crippen molar-refractivity contribution >= 4 is 27.5 Å². The highest BCUT2D eigenvalue weighted by atomic mass is 79.9. The van der Waals surface area contributed by atoms with Crippen LogP contribution < -0.4 is 14.8 Å². The minimum Gasteiger partial charge on any atom is -0.493 e. The molecule has 0 atom stereocenters. The highest BCUT2D eigenvalue weighted by Gasteiger charge is 2.27. The molecule has 2 aromatic carbocycles. The van der Waals surface area contributed by atoms with E-state index in [4.69, 9.17) is 9.47 Å². The van der Waals surface area contributed by atoms with E-state index in [9.17, 15) is 4.79 Å². The topological polar surface area (TPSA) is 47.6 Å². The maximum atomic E-state index is 12.5. The van der Waals surface area contributed by atoms with Gasteiger partial charge in [-0.05, 0) is 24.3 Å². The fourth-order valence-corrected chi connectivity index (χ4v) is 3.33. The number of carbonyl (C=O) groups excluding carboxylic acids is 1. The number of rotatable bonds is 2. The first-order valence-electron chi connectivity index (χ1n) is 7.23. The summed E-state index contributed by atoms with van der Waals surface area (Å²) in [6.07, 6.45) is 1.64. The summed E-state index contributed by atoms with van der Waals surface area (Å²) in [4.78, 5) is 12.5. The Kier molecular flexibility index (Phi) is 3.30. The third kappa shape index (κ3) is 2.25. The van der Waals surface area contributed by atoms with E-state index in [-0.39, 0.29) is 5.91 Å². The summed E-state index contributed by atoms with van der Waals surface area (Å²) in [7, 11) is 0. The number of benzene rings is 2. The van der Waals surface area contributed by atoms with Crippen LogP contribution in [0, 0.1) is 0 Å². The average molecular weight is 360 g/mol. The van der Waals surface area contributed by atoms with Gasteiger partial charge in [-0.1, -0.05) is 22.0 Å². The number of fused-ring (bicyclic) bond motifs is 2. The molecule has 112 valence electrons. The van der Waals surface area contributed by atoms with Crippen LogP contribution >= 0.6 is 15.9 Å². The lowest BCUT2D eigenvalue weighted by Crippen LogP contribution is -2.14. The zero-order valence-corrected chi connectivity index (χ0v) is 13.4. The second-order valence-corrected chi connectivity index (χ2v) is 6.29. The van der Waals surface area contributed by atoms with E-state index in [0.29, 0.717) is 18.8 Å². The predicted octanol–water partition coefficient (Wildman–Crippen LogP) is 3.57. The molecule has 0 bridgehead atoms. The molecule has 22 heavy (non-hydrogen) atoms. The monoisotopic (exact) mass is 359 g/mol. The van der Waals surface area contributed by atoms with Gasteiger partial charge in [-0.15, -0.1) is 0 Å². The van der Waals surface area contributed by atoms with Crippen LogP contribution in [0.25, 0.3) is 0 Å². The minimum atomic E-state index is -0.140. The second-order valence-electron chi connectivity index (χ2n) is 5.38. The van der Waals surface area contributed by atoms with E-state index < -0.39 is 0 Å². The largest absolute Gasteiger partial charge is 0.493 e. The van der Waals surface area contributed by atoms with Gasteiger partial charge in [0, 0.05) is 34.0 Å². The quantitative estimate of drug-likeness (QED) is 0.891. The van der Waals surface area contributed by atoms with Gasteiger partial charge in [0.1, 0.15) is 11.5 Å². The number of hydrogen-bond acceptors (Lipinski definition) is 3. The molecular weight excluding hydrogens is 346 g/mol. The van der Waals surface area contributed by atoms with Crippen LogP contribution in [-0.4, -0.2) is 19.1 Å². The van der Waals surface area contributed by atoms with Crippen LogP contribution in [0.3, 0.4) is 0 Å². The van der Waals surface area contributed by atoms with Crippen molar-refractivity contribution in [2.45, 2.75) is 12.8 Å². The van der Waals surface area contributed by atoms with E-state index in [1.165, 1.54) is 0 Å². The summed E-state index contributed by atoms with van der Waals surface area (Å²) in [5.74, 6) is 1.53. The van der Waals surface area contributed by atoms with Crippen molar-refractivity contribution in [3.63, 3.8) is 0 Å². The zero-order valence-electron chi connectivity index (χ0n) is 11.8. The van der Waals surface area contributed by atoms with Crippen LogP contribution in [0.2, 0.25) is 0 Å². The predicted molar refractivity (Wildman–Crippen MR) is 86.9 cm³/mol. The van der Waals surface area contributed by atoms with Crippen molar-refractivity contribution < 1.29 is 14.3 Å². The molecule has 0 unspecified atom stereocenters. The maximum Gasteiger partial charge on any atom is 0.255 e. The third-order valence-corrected chi connectivity index (χ3v) is 4.47. The molecule has 4 rings (SSSR count). The number of amides is 1. The Bertz CT molecular complexity index is 740. The smallest absolute Gasteiger partial charge is 0.255 e. The molecule has 1 N–H and O–H groups in total. The first kappa shape index (κ1) is 13.6. The number of halogens is 1. The lowest BCUT2D eigenvalue weighted by atomic mass is 10.0. The van der Waals surface area contributed by atoms with Gasteiger partial charge in [0.15, 0.2) is 0 Å². The summed E-state index contributed by atoms with van der Waals surface area (Å²) >= 11 is 3.39. The molecule has 0 spiro atoms. The second kappa shape index (κ2) is 5.32. The van der Waals surface area contributed by atoms with Gasteiger partial charge in [-0.25, -0.2) is 0 Å². The van der Waals surface area contributed by atoms with Crippen molar-refractivity contribution in [3.8, 4) is 11.5 Å². The number of carbonyl (C=O) groups is 1. The summed E-state index contributed by atoms with van der Waals surface area (Å²) in [5.41, 5.74) is 3.51. The van der Waals surface area contributed by atoms with Crippen LogP contribution in [0.5, 0.6) is 11.5 Å². The maximum absolute atomic E-state index is 12.5. The van der Waals surface area contributed by atoms with Crippen LogP contribution in [0.4, 0.5) is 5.69 Å². The van der Waals surface area contributed by atoms with Crippen molar-refractivity contribution in [2.24, 2.45) is 0 Å². The van der Waals surface area contributed by atoms with Gasteiger partial charge in [0.25, 0.3) is 5.91 Å². The first-order chi connectivity index (χ1) is 10.7. The SMILES string of the molecule is O=C(Nc1c2c(cc3c1OCC3)OCC2)c1cccc(Br)c1. The fraction of sp³-hybridized carbons (Fsp3) is 0.235. The highest BCUT2D eigenvalue weighted by Crippen LogP contribution is 2.44. The van der Waals surface area contributed by atoms with Gasteiger partial charge in [0.05, 0.1) is 18.9 Å². The van der Waals surface area contributed by atoms with Crippen molar-refractivity contribution in [1.29, 1.82) is 0 Å². The molecule has 5 heteroatoms. The number of nitrogens with one attached hydrogen (secondary N) is 1. The number of anilines is 1. The highest BCUT2D eigenvalue weighted by molar-refractivity contribution is 9.10. The van der Waals surface area contributed by atoms with Crippen LogP contribution in [0.15, 0.2) is 34.8 Å². The Labute approximate surface area is 136 Å². The summed E-state index contributed by atoms with van der Waals surface area (Å²) in [6.45, 7) is 1.30. The molecule has 2 aliphatic heterocycles. The summed E-state index contributed by atoms with van der Waals surface area (Å²) in [6, 6.07) is 9.38. The molecular formula is C17H14BrNO3. The van der Waals surface area contributed by atoms with E-state index in [2.05, 4.69) is 21.2 Å². The molecule has 2 aliphatic rings. The molecule has 4 nitrogen and oxygen atoms in total. The molecule has 2 aromatic rings. The zero-order chi connectivity index (χ0) is 15.1. The Morgan fingerprint density at radius 2 is 2.00 bits per heavy atom. The van der Waals surface area contributed by atoms with Crippen molar-refractivity contribution in [3.05, 3.63) is 51.5 Å². The molecule has 0 radical (unpaired) electrons. The molecule has 0 fully saturated rings. The van der Waals surface area contributed by atoms with E-state index in [0.717, 1.165) is 45.6 Å². The first-order valence-corrected chi connectivity index (χ1v) is 8.03. The Hall–Kier alpha value is -2.01. The Balaban J connectivity index is 1.73. The van der Waals surface area contributed by atoms with Gasteiger partial charge in [-0.2, -0.15) is 0 Å².